The molecule has 2 rings (SSSR count). The van der Waals surface area contributed by atoms with Gasteiger partial charge in [-0.05, 0) is 52.7 Å². The van der Waals surface area contributed by atoms with Crippen LogP contribution in [-0.4, -0.2) is 58.1 Å². The molecule has 0 bridgehead atoms. The number of carboxylic acid groups (broad SMARTS) is 1. The highest BCUT2D eigenvalue weighted by molar-refractivity contribution is 7.98. The van der Waals surface area contributed by atoms with Gasteiger partial charge in [-0.15, -0.1) is 0 Å². The molecule has 1 amide bonds. The molecule has 0 saturated heterocycles. The standard InChI is InChI=1S/C18H28N4O4S/c1-18(2,3)26-17(25)20-11-6-8-12(9-7-11)22(4)14-13(15(23)24)10-19-16(21-14)27-5/h10-12H,6-9H2,1-5H3,(H,20,25)(H,23,24). The van der Waals surface area contributed by atoms with Crippen molar-refractivity contribution in [3.8, 4) is 0 Å². The molecular weight excluding hydrogens is 368 g/mol. The summed E-state index contributed by atoms with van der Waals surface area (Å²) in [5.74, 6) is -0.602. The highest BCUT2D eigenvalue weighted by Crippen LogP contribution is 2.28. The van der Waals surface area contributed by atoms with Crippen LogP contribution in [0.2, 0.25) is 0 Å². The summed E-state index contributed by atoms with van der Waals surface area (Å²) in [5, 5.41) is 12.9. The van der Waals surface area contributed by atoms with E-state index in [1.807, 2.05) is 39.0 Å². The van der Waals surface area contributed by atoms with Crippen molar-refractivity contribution in [2.75, 3.05) is 18.2 Å². The summed E-state index contributed by atoms with van der Waals surface area (Å²) in [6, 6.07) is 0.222. The Morgan fingerprint density at radius 1 is 1.30 bits per heavy atom. The van der Waals surface area contributed by atoms with Crippen LogP contribution in [0.5, 0.6) is 0 Å². The molecule has 1 aliphatic carbocycles. The van der Waals surface area contributed by atoms with Crippen molar-refractivity contribution in [1.29, 1.82) is 0 Å². The van der Waals surface area contributed by atoms with Crippen LogP contribution in [0, 0.1) is 0 Å². The van der Waals surface area contributed by atoms with Crippen LogP contribution >= 0.6 is 11.8 Å². The topological polar surface area (TPSA) is 105 Å². The second-order valence-corrected chi connectivity index (χ2v) is 8.44. The Morgan fingerprint density at radius 3 is 2.44 bits per heavy atom. The Bertz CT molecular complexity index is 684. The Morgan fingerprint density at radius 2 is 1.93 bits per heavy atom. The second kappa shape index (κ2) is 8.77. The maximum atomic E-state index is 11.9. The van der Waals surface area contributed by atoms with E-state index in [0.29, 0.717) is 11.0 Å². The third kappa shape index (κ3) is 5.98. The van der Waals surface area contributed by atoms with Crippen LogP contribution in [0.4, 0.5) is 10.6 Å². The highest BCUT2D eigenvalue weighted by Gasteiger charge is 2.29. The molecule has 0 spiro atoms. The summed E-state index contributed by atoms with van der Waals surface area (Å²) in [4.78, 5) is 33.8. The lowest BCUT2D eigenvalue weighted by molar-refractivity contribution is 0.0490. The zero-order chi connectivity index (χ0) is 20.2. The lowest BCUT2D eigenvalue weighted by Crippen LogP contribution is -2.44. The van der Waals surface area contributed by atoms with Gasteiger partial charge in [-0.25, -0.2) is 19.6 Å². The number of nitrogens with zero attached hydrogens (tertiary/aromatic N) is 3. The van der Waals surface area contributed by atoms with Crippen LogP contribution in [0.25, 0.3) is 0 Å². The molecule has 150 valence electrons. The Kier molecular flexibility index (Phi) is 6.91. The van der Waals surface area contributed by atoms with E-state index in [2.05, 4.69) is 15.3 Å². The van der Waals surface area contributed by atoms with Gasteiger partial charge in [-0.3, -0.25) is 0 Å². The van der Waals surface area contributed by atoms with Crippen molar-refractivity contribution >= 4 is 29.6 Å². The fourth-order valence-electron chi connectivity index (χ4n) is 3.13. The van der Waals surface area contributed by atoms with E-state index in [9.17, 15) is 14.7 Å². The van der Waals surface area contributed by atoms with Gasteiger partial charge in [-0.2, -0.15) is 0 Å². The van der Waals surface area contributed by atoms with E-state index in [1.165, 1.54) is 18.0 Å². The number of hydrogen-bond donors (Lipinski definition) is 2. The van der Waals surface area contributed by atoms with Crippen molar-refractivity contribution < 1.29 is 19.4 Å². The molecule has 0 aliphatic heterocycles. The number of thioether (sulfide) groups is 1. The number of carbonyl (C=O) groups is 2. The van der Waals surface area contributed by atoms with Gasteiger partial charge >= 0.3 is 12.1 Å². The van der Waals surface area contributed by atoms with E-state index >= 15 is 0 Å². The largest absolute Gasteiger partial charge is 0.477 e. The molecule has 0 aromatic carbocycles. The lowest BCUT2D eigenvalue weighted by atomic mass is 9.90. The average molecular weight is 397 g/mol. The van der Waals surface area contributed by atoms with Gasteiger partial charge < -0.3 is 20.1 Å². The summed E-state index contributed by atoms with van der Waals surface area (Å²) < 4.78 is 5.31. The van der Waals surface area contributed by atoms with Gasteiger partial charge in [0.15, 0.2) is 5.16 Å². The molecule has 0 unspecified atom stereocenters. The first kappa shape index (κ1) is 21.3. The predicted octanol–water partition coefficient (Wildman–Crippen LogP) is 3.17. The van der Waals surface area contributed by atoms with Gasteiger partial charge in [0, 0.05) is 25.3 Å². The fraction of sp³-hybridized carbons (Fsp3) is 0.667. The van der Waals surface area contributed by atoms with Crippen LogP contribution in [-0.2, 0) is 4.74 Å². The smallest absolute Gasteiger partial charge is 0.407 e. The van der Waals surface area contributed by atoms with Crippen LogP contribution in [0.15, 0.2) is 11.4 Å². The molecular formula is C18H28N4O4S. The summed E-state index contributed by atoms with van der Waals surface area (Å²) in [5.41, 5.74) is -0.416. The SMILES string of the molecule is CSc1ncc(C(=O)O)c(N(C)C2CCC(NC(=O)OC(C)(C)C)CC2)n1. The van der Waals surface area contributed by atoms with Gasteiger partial charge in [0.25, 0.3) is 0 Å². The molecule has 1 fully saturated rings. The number of carbonyl (C=O) groups excluding carboxylic acids is 1. The number of carboxylic acids is 1. The minimum atomic E-state index is -1.04. The zero-order valence-electron chi connectivity index (χ0n) is 16.5. The molecule has 0 radical (unpaired) electrons. The normalized spacial score (nSPS) is 20.0. The van der Waals surface area contributed by atoms with Crippen LogP contribution < -0.4 is 10.2 Å². The number of anilines is 1. The van der Waals surface area contributed by atoms with Gasteiger partial charge in [0.2, 0.25) is 0 Å². The van der Waals surface area contributed by atoms with E-state index < -0.39 is 17.7 Å². The number of nitrogens with one attached hydrogen (secondary N) is 1. The summed E-state index contributed by atoms with van der Waals surface area (Å²) in [6.07, 6.45) is 6.08. The van der Waals surface area contributed by atoms with Crippen molar-refractivity contribution in [3.05, 3.63) is 11.8 Å². The van der Waals surface area contributed by atoms with Gasteiger partial charge in [-0.1, -0.05) is 11.8 Å². The monoisotopic (exact) mass is 396 g/mol. The minimum Gasteiger partial charge on any atom is -0.477 e. The molecule has 0 atom stereocenters. The molecule has 27 heavy (non-hydrogen) atoms. The number of ether oxygens (including phenoxy) is 1. The first-order valence-electron chi connectivity index (χ1n) is 8.97. The predicted molar refractivity (Wildman–Crippen MR) is 105 cm³/mol. The summed E-state index contributed by atoms with van der Waals surface area (Å²) in [6.45, 7) is 5.51. The summed E-state index contributed by atoms with van der Waals surface area (Å²) in [7, 11) is 1.87. The number of aromatic carboxylic acids is 1. The Balaban J connectivity index is 2.00. The van der Waals surface area contributed by atoms with E-state index in [-0.39, 0.29) is 17.6 Å². The van der Waals surface area contributed by atoms with Gasteiger partial charge in [0.1, 0.15) is 17.0 Å². The summed E-state index contributed by atoms with van der Waals surface area (Å²) >= 11 is 1.38. The van der Waals surface area contributed by atoms with Crippen LogP contribution in [0.1, 0.15) is 56.8 Å². The molecule has 9 heteroatoms. The number of aromatic nitrogens is 2. The van der Waals surface area contributed by atoms with Crippen molar-refractivity contribution in [1.82, 2.24) is 15.3 Å². The number of hydrogen-bond acceptors (Lipinski definition) is 7. The number of rotatable bonds is 5. The maximum absolute atomic E-state index is 11.9. The third-order valence-corrected chi connectivity index (χ3v) is 5.02. The van der Waals surface area contributed by atoms with Crippen molar-refractivity contribution in [2.45, 2.75) is 69.3 Å². The quantitative estimate of drug-likeness (QED) is 0.578. The molecule has 8 nitrogen and oxygen atoms in total. The van der Waals surface area contributed by atoms with E-state index in [1.54, 1.807) is 0 Å². The lowest BCUT2D eigenvalue weighted by Gasteiger charge is -2.36. The highest BCUT2D eigenvalue weighted by atomic mass is 32.2. The minimum absolute atomic E-state index is 0.0654. The van der Waals surface area contributed by atoms with E-state index in [0.717, 1.165) is 25.7 Å². The van der Waals surface area contributed by atoms with Crippen molar-refractivity contribution in [2.24, 2.45) is 0 Å². The molecule has 1 aliphatic rings. The first-order chi connectivity index (χ1) is 12.6. The first-order valence-corrected chi connectivity index (χ1v) is 10.2. The third-order valence-electron chi connectivity index (χ3n) is 4.46. The van der Waals surface area contributed by atoms with Crippen LogP contribution in [0.3, 0.4) is 0 Å². The fourth-order valence-corrected chi connectivity index (χ4v) is 3.47. The Labute approximate surface area is 164 Å². The maximum Gasteiger partial charge on any atom is 0.407 e. The number of alkyl carbamates (subject to hydrolysis) is 1. The van der Waals surface area contributed by atoms with Crippen molar-refractivity contribution in [3.63, 3.8) is 0 Å². The van der Waals surface area contributed by atoms with E-state index in [4.69, 9.17) is 4.74 Å². The average Bonchev–Trinajstić information content (AvgIpc) is 2.59. The molecule has 1 aromatic rings. The number of amides is 1. The Hall–Kier alpha value is -2.03. The molecule has 1 aromatic heterocycles. The molecule has 1 saturated carbocycles. The molecule has 2 N–H and O–H groups in total. The molecule has 1 heterocycles. The zero-order valence-corrected chi connectivity index (χ0v) is 17.3. The van der Waals surface area contributed by atoms with Gasteiger partial charge in [0.05, 0.1) is 0 Å². The second-order valence-electron chi connectivity index (χ2n) is 7.66.